The molecule has 1 N–H and O–H groups in total. The minimum atomic E-state index is -4.02. The van der Waals surface area contributed by atoms with E-state index in [-0.39, 0.29) is 22.8 Å². The van der Waals surface area contributed by atoms with E-state index in [4.69, 9.17) is 9.47 Å². The molecule has 0 radical (unpaired) electrons. The lowest BCUT2D eigenvalue weighted by molar-refractivity contribution is 0.00410. The van der Waals surface area contributed by atoms with Gasteiger partial charge in [-0.05, 0) is 31.2 Å². The van der Waals surface area contributed by atoms with Crippen LogP contribution >= 0.6 is 0 Å². The van der Waals surface area contributed by atoms with Crippen molar-refractivity contribution in [2.45, 2.75) is 17.4 Å². The quantitative estimate of drug-likeness (QED) is 0.813. The average Bonchev–Trinajstić information content (AvgIpc) is 2.60. The summed E-state index contributed by atoms with van der Waals surface area (Å²) in [6, 6.07) is 9.23. The lowest BCUT2D eigenvalue weighted by atomic mass is 9.95. The van der Waals surface area contributed by atoms with E-state index in [9.17, 15) is 17.2 Å². The zero-order chi connectivity index (χ0) is 18.7. The molecule has 2 aromatic carbocycles. The maximum Gasteiger partial charge on any atom is 0.240 e. The number of benzene rings is 2. The Hall–Kier alpha value is -2.03. The lowest BCUT2D eigenvalue weighted by Crippen LogP contribution is -2.40. The molecule has 0 saturated heterocycles. The normalized spacial score (nSPS) is 14.1. The van der Waals surface area contributed by atoms with Gasteiger partial charge in [0, 0.05) is 19.2 Å². The third-order valence-electron chi connectivity index (χ3n) is 3.93. The summed E-state index contributed by atoms with van der Waals surface area (Å²) in [7, 11) is -1.38. The largest absolute Gasteiger partial charge is 0.494 e. The van der Waals surface area contributed by atoms with Crippen LogP contribution in [0.5, 0.6) is 5.75 Å². The number of hydrogen-bond acceptors (Lipinski definition) is 4. The zero-order valence-corrected chi connectivity index (χ0v) is 14.9. The van der Waals surface area contributed by atoms with Crippen LogP contribution in [0.3, 0.4) is 0 Å². The van der Waals surface area contributed by atoms with Crippen molar-refractivity contribution in [3.8, 4) is 5.75 Å². The van der Waals surface area contributed by atoms with Crippen molar-refractivity contribution in [2.24, 2.45) is 0 Å². The van der Waals surface area contributed by atoms with Crippen LogP contribution in [0.1, 0.15) is 12.5 Å². The molecule has 0 spiro atoms. The summed E-state index contributed by atoms with van der Waals surface area (Å²) in [6.07, 6.45) is 0. The molecule has 25 heavy (non-hydrogen) atoms. The molecule has 0 bridgehead atoms. The van der Waals surface area contributed by atoms with Crippen LogP contribution in [0.4, 0.5) is 8.78 Å². The number of hydrogen-bond donors (Lipinski definition) is 1. The fourth-order valence-corrected chi connectivity index (χ4v) is 3.44. The summed E-state index contributed by atoms with van der Waals surface area (Å²) in [5, 5.41) is 0. The van der Waals surface area contributed by atoms with Crippen molar-refractivity contribution in [1.82, 2.24) is 4.72 Å². The Morgan fingerprint density at radius 1 is 1.08 bits per heavy atom. The van der Waals surface area contributed by atoms with Gasteiger partial charge in [0.25, 0.3) is 0 Å². The molecule has 2 aromatic rings. The van der Waals surface area contributed by atoms with Crippen LogP contribution in [-0.2, 0) is 20.4 Å². The van der Waals surface area contributed by atoms with Crippen LogP contribution < -0.4 is 9.46 Å². The van der Waals surface area contributed by atoms with Crippen LogP contribution in [0.2, 0.25) is 0 Å². The van der Waals surface area contributed by atoms with Crippen molar-refractivity contribution >= 4 is 10.0 Å². The molecule has 0 amide bonds. The van der Waals surface area contributed by atoms with Crippen LogP contribution in [0.15, 0.2) is 47.4 Å². The van der Waals surface area contributed by atoms with E-state index in [2.05, 4.69) is 4.72 Å². The van der Waals surface area contributed by atoms with Gasteiger partial charge in [0.05, 0.1) is 12.0 Å². The molecule has 8 heteroatoms. The number of rotatable bonds is 7. The highest BCUT2D eigenvalue weighted by Gasteiger charge is 2.31. The summed E-state index contributed by atoms with van der Waals surface area (Å²) in [4.78, 5) is -0.266. The fraction of sp³-hybridized carbons (Fsp3) is 0.294. The molecule has 2 rings (SSSR count). The zero-order valence-electron chi connectivity index (χ0n) is 14.0. The first kappa shape index (κ1) is 19.3. The minimum Gasteiger partial charge on any atom is -0.494 e. The monoisotopic (exact) mass is 371 g/mol. The van der Waals surface area contributed by atoms with Gasteiger partial charge >= 0.3 is 0 Å². The Bertz CT molecular complexity index is 857. The SMILES string of the molecule is COc1ccc(S(=O)(=O)NCC(C)(OC)c2ccccc2F)cc1F. The van der Waals surface area contributed by atoms with E-state index in [1.807, 2.05) is 0 Å². The van der Waals surface area contributed by atoms with Crippen molar-refractivity contribution in [1.29, 1.82) is 0 Å². The van der Waals surface area contributed by atoms with Gasteiger partial charge < -0.3 is 9.47 Å². The van der Waals surface area contributed by atoms with Crippen LogP contribution in [-0.4, -0.2) is 29.2 Å². The Kier molecular flexibility index (Phi) is 5.76. The maximum atomic E-state index is 14.0. The first-order chi connectivity index (χ1) is 11.7. The third kappa shape index (κ3) is 4.15. The lowest BCUT2D eigenvalue weighted by Gasteiger charge is -2.29. The third-order valence-corrected chi connectivity index (χ3v) is 5.33. The van der Waals surface area contributed by atoms with Gasteiger partial charge in [0.1, 0.15) is 11.4 Å². The van der Waals surface area contributed by atoms with Gasteiger partial charge in [0.15, 0.2) is 11.6 Å². The molecule has 1 atom stereocenters. The molecule has 1 unspecified atom stereocenters. The van der Waals surface area contributed by atoms with Crippen LogP contribution in [0, 0.1) is 11.6 Å². The van der Waals surface area contributed by atoms with E-state index in [1.165, 1.54) is 44.6 Å². The summed E-state index contributed by atoms with van der Waals surface area (Å²) in [6.45, 7) is 1.32. The van der Waals surface area contributed by atoms with Gasteiger partial charge in [-0.2, -0.15) is 0 Å². The van der Waals surface area contributed by atoms with Crippen LogP contribution in [0.25, 0.3) is 0 Å². The average molecular weight is 371 g/mol. The number of halogens is 2. The second kappa shape index (κ2) is 7.47. The Balaban J connectivity index is 2.26. The molecule has 0 saturated carbocycles. The van der Waals surface area contributed by atoms with Crippen molar-refractivity contribution < 1.29 is 26.7 Å². The van der Waals surface area contributed by atoms with Gasteiger partial charge in [-0.1, -0.05) is 18.2 Å². The number of methoxy groups -OCH3 is 2. The molecule has 0 aliphatic heterocycles. The molecule has 0 aromatic heterocycles. The maximum absolute atomic E-state index is 14.0. The highest BCUT2D eigenvalue weighted by molar-refractivity contribution is 7.89. The van der Waals surface area contributed by atoms with Gasteiger partial charge in [-0.25, -0.2) is 21.9 Å². The van der Waals surface area contributed by atoms with Crippen molar-refractivity contribution in [2.75, 3.05) is 20.8 Å². The predicted octanol–water partition coefficient (Wildman–Crippen LogP) is 2.81. The van der Waals surface area contributed by atoms with Crippen molar-refractivity contribution in [3.63, 3.8) is 0 Å². The molecular formula is C17H19F2NO4S. The van der Waals surface area contributed by atoms with Crippen molar-refractivity contribution in [3.05, 3.63) is 59.7 Å². The topological polar surface area (TPSA) is 64.6 Å². The van der Waals surface area contributed by atoms with E-state index >= 15 is 0 Å². The highest BCUT2D eigenvalue weighted by Crippen LogP contribution is 2.27. The molecule has 136 valence electrons. The molecule has 5 nitrogen and oxygen atoms in total. The second-order valence-electron chi connectivity index (χ2n) is 5.54. The Morgan fingerprint density at radius 2 is 1.76 bits per heavy atom. The summed E-state index contributed by atoms with van der Waals surface area (Å²) < 4.78 is 65.0. The Labute approximate surface area is 145 Å². The fourth-order valence-electron chi connectivity index (χ4n) is 2.30. The molecular weight excluding hydrogens is 352 g/mol. The highest BCUT2D eigenvalue weighted by atomic mass is 32.2. The summed E-state index contributed by atoms with van der Waals surface area (Å²) in [5.74, 6) is -1.37. The Morgan fingerprint density at radius 3 is 2.32 bits per heavy atom. The summed E-state index contributed by atoms with van der Waals surface area (Å²) in [5.41, 5.74) is -1.02. The van der Waals surface area contributed by atoms with E-state index in [1.54, 1.807) is 13.0 Å². The predicted molar refractivity (Wildman–Crippen MR) is 88.9 cm³/mol. The standard InChI is InChI=1S/C17H19F2NO4S/c1-17(24-3,13-6-4-5-7-14(13)18)11-20-25(21,22)12-8-9-16(23-2)15(19)10-12/h4-10,20H,11H2,1-3H3. The number of sulfonamides is 1. The van der Waals surface area contributed by atoms with Gasteiger partial charge in [0.2, 0.25) is 10.0 Å². The van der Waals surface area contributed by atoms with E-state index < -0.39 is 27.3 Å². The smallest absolute Gasteiger partial charge is 0.240 e. The molecule has 0 fully saturated rings. The second-order valence-corrected chi connectivity index (χ2v) is 7.30. The molecule has 0 heterocycles. The summed E-state index contributed by atoms with van der Waals surface area (Å²) >= 11 is 0. The number of ether oxygens (including phenoxy) is 2. The molecule has 0 aliphatic carbocycles. The minimum absolute atomic E-state index is 0.0629. The first-order valence-corrected chi connectivity index (χ1v) is 8.85. The molecule has 0 aliphatic rings. The van der Waals surface area contributed by atoms with Gasteiger partial charge in [-0.3, -0.25) is 0 Å². The van der Waals surface area contributed by atoms with E-state index in [0.717, 1.165) is 6.07 Å². The number of nitrogens with one attached hydrogen (secondary N) is 1. The first-order valence-electron chi connectivity index (χ1n) is 7.37. The van der Waals surface area contributed by atoms with Gasteiger partial charge in [-0.15, -0.1) is 0 Å². The van der Waals surface area contributed by atoms with E-state index in [0.29, 0.717) is 0 Å².